The zero-order valence-corrected chi connectivity index (χ0v) is 13.6. The number of carbonyl (C=O) groups is 1. The molecule has 0 saturated carbocycles. The number of rotatable bonds is 2. The number of amides is 1. The van der Waals surface area contributed by atoms with E-state index < -0.39 is 5.82 Å². The van der Waals surface area contributed by atoms with Crippen LogP contribution in [0.3, 0.4) is 0 Å². The molecule has 5 heteroatoms. The number of halogens is 2. The van der Waals surface area contributed by atoms with Crippen molar-refractivity contribution in [2.75, 3.05) is 13.1 Å². The van der Waals surface area contributed by atoms with E-state index in [9.17, 15) is 13.6 Å². The molecule has 0 bridgehead atoms. The molecule has 3 aromatic rings. The Balaban J connectivity index is 1.49. The summed E-state index contributed by atoms with van der Waals surface area (Å²) in [7, 11) is 0. The van der Waals surface area contributed by atoms with E-state index in [0.717, 1.165) is 29.3 Å². The zero-order valence-electron chi connectivity index (χ0n) is 13.6. The van der Waals surface area contributed by atoms with Crippen LogP contribution in [0, 0.1) is 11.6 Å². The number of H-pyrrole nitrogens is 1. The summed E-state index contributed by atoms with van der Waals surface area (Å²) >= 11 is 0. The summed E-state index contributed by atoms with van der Waals surface area (Å²) in [5, 5.41) is 0.912. The standard InChI is InChI=1S/C20H18F2N2O/c21-15-3-1-2-14(10-15)20(25)24-8-6-13(7-9-24)18-12-23-19-5-4-16(22)11-17(18)19/h1-5,10-13,23H,6-9H2. The Hall–Kier alpha value is -2.69. The molecule has 1 aliphatic heterocycles. The van der Waals surface area contributed by atoms with Crippen molar-refractivity contribution in [3.05, 3.63) is 71.4 Å². The van der Waals surface area contributed by atoms with Gasteiger partial charge in [0.1, 0.15) is 11.6 Å². The van der Waals surface area contributed by atoms with Gasteiger partial charge in [0.05, 0.1) is 0 Å². The number of benzene rings is 2. The number of carbonyl (C=O) groups excluding carboxylic acids is 1. The monoisotopic (exact) mass is 340 g/mol. The molecule has 1 fully saturated rings. The molecule has 2 aromatic carbocycles. The Morgan fingerprint density at radius 2 is 1.80 bits per heavy atom. The highest BCUT2D eigenvalue weighted by atomic mass is 19.1. The predicted octanol–water partition coefficient (Wildman–Crippen LogP) is 4.47. The molecule has 0 aliphatic carbocycles. The van der Waals surface area contributed by atoms with Crippen LogP contribution in [0.2, 0.25) is 0 Å². The Kier molecular flexibility index (Phi) is 3.99. The smallest absolute Gasteiger partial charge is 0.253 e. The van der Waals surface area contributed by atoms with Crippen LogP contribution >= 0.6 is 0 Å². The van der Waals surface area contributed by atoms with Crippen LogP contribution in [-0.2, 0) is 0 Å². The fourth-order valence-corrected chi connectivity index (χ4v) is 3.65. The third-order valence-electron chi connectivity index (χ3n) is 4.97. The number of nitrogens with zero attached hydrogens (tertiary/aromatic N) is 1. The lowest BCUT2D eigenvalue weighted by molar-refractivity contribution is 0.0713. The van der Waals surface area contributed by atoms with Gasteiger partial charge in [0.2, 0.25) is 0 Å². The summed E-state index contributed by atoms with van der Waals surface area (Å²) < 4.78 is 26.9. The van der Waals surface area contributed by atoms with Crippen LogP contribution in [0.4, 0.5) is 8.78 Å². The average molecular weight is 340 g/mol. The molecular formula is C20H18F2N2O. The molecule has 1 amide bonds. The SMILES string of the molecule is O=C(c1cccc(F)c1)N1CCC(c2c[nH]c3ccc(F)cc23)CC1. The lowest BCUT2D eigenvalue weighted by Gasteiger charge is -2.32. The highest BCUT2D eigenvalue weighted by Gasteiger charge is 2.26. The van der Waals surface area contributed by atoms with Gasteiger partial charge >= 0.3 is 0 Å². The second kappa shape index (κ2) is 6.31. The number of fused-ring (bicyclic) bond motifs is 1. The minimum absolute atomic E-state index is 0.136. The molecule has 1 saturated heterocycles. The van der Waals surface area contributed by atoms with E-state index in [-0.39, 0.29) is 17.6 Å². The van der Waals surface area contributed by atoms with Gasteiger partial charge in [-0.2, -0.15) is 0 Å². The summed E-state index contributed by atoms with van der Waals surface area (Å²) in [6.45, 7) is 1.23. The van der Waals surface area contributed by atoms with Crippen LogP contribution < -0.4 is 0 Å². The number of likely N-dealkylation sites (tertiary alicyclic amines) is 1. The molecule has 1 aliphatic rings. The summed E-state index contributed by atoms with van der Waals surface area (Å²) in [5.41, 5.74) is 2.41. The zero-order chi connectivity index (χ0) is 17.4. The first kappa shape index (κ1) is 15.8. The summed E-state index contributed by atoms with van der Waals surface area (Å²) in [6.07, 6.45) is 3.56. The molecule has 2 heterocycles. The van der Waals surface area contributed by atoms with Gasteiger partial charge in [-0.05, 0) is 60.7 Å². The largest absolute Gasteiger partial charge is 0.361 e. The van der Waals surface area contributed by atoms with E-state index >= 15 is 0 Å². The van der Waals surface area contributed by atoms with Gasteiger partial charge in [-0.1, -0.05) is 6.07 Å². The number of aromatic amines is 1. The molecule has 4 rings (SSSR count). The first-order valence-corrected chi connectivity index (χ1v) is 8.43. The van der Waals surface area contributed by atoms with Gasteiger partial charge in [0.15, 0.2) is 0 Å². The Labute approximate surface area is 144 Å². The highest BCUT2D eigenvalue weighted by Crippen LogP contribution is 2.33. The highest BCUT2D eigenvalue weighted by molar-refractivity contribution is 5.94. The molecule has 0 unspecified atom stereocenters. The number of piperidine rings is 1. The minimum Gasteiger partial charge on any atom is -0.361 e. The summed E-state index contributed by atoms with van der Waals surface area (Å²) in [4.78, 5) is 17.5. The van der Waals surface area contributed by atoms with E-state index in [1.165, 1.54) is 18.2 Å². The quantitative estimate of drug-likeness (QED) is 0.734. The van der Waals surface area contributed by atoms with Crippen LogP contribution in [0.5, 0.6) is 0 Å². The van der Waals surface area contributed by atoms with Crippen molar-refractivity contribution < 1.29 is 13.6 Å². The Morgan fingerprint density at radius 3 is 2.56 bits per heavy atom. The third-order valence-corrected chi connectivity index (χ3v) is 4.97. The van der Waals surface area contributed by atoms with Gasteiger partial charge < -0.3 is 9.88 Å². The topological polar surface area (TPSA) is 36.1 Å². The number of nitrogens with one attached hydrogen (secondary N) is 1. The van der Waals surface area contributed by atoms with E-state index in [0.29, 0.717) is 18.7 Å². The van der Waals surface area contributed by atoms with Gasteiger partial charge in [-0.3, -0.25) is 4.79 Å². The van der Waals surface area contributed by atoms with Crippen LogP contribution in [-0.4, -0.2) is 28.9 Å². The lowest BCUT2D eigenvalue weighted by atomic mass is 9.89. The molecule has 0 atom stereocenters. The van der Waals surface area contributed by atoms with Gasteiger partial charge in [0, 0.05) is 35.8 Å². The fraction of sp³-hybridized carbons (Fsp3) is 0.250. The Morgan fingerprint density at radius 1 is 1.04 bits per heavy atom. The second-order valence-corrected chi connectivity index (χ2v) is 6.51. The second-order valence-electron chi connectivity index (χ2n) is 6.51. The third kappa shape index (κ3) is 3.02. The molecule has 0 radical (unpaired) electrons. The van der Waals surface area contributed by atoms with E-state index in [1.807, 2.05) is 6.20 Å². The van der Waals surface area contributed by atoms with Crippen molar-refractivity contribution in [3.8, 4) is 0 Å². The predicted molar refractivity (Wildman–Crippen MR) is 92.5 cm³/mol. The van der Waals surface area contributed by atoms with Gasteiger partial charge in [-0.15, -0.1) is 0 Å². The molecule has 0 spiro atoms. The molecule has 3 nitrogen and oxygen atoms in total. The van der Waals surface area contributed by atoms with E-state index in [1.54, 1.807) is 29.2 Å². The average Bonchev–Trinajstić information content (AvgIpc) is 3.04. The van der Waals surface area contributed by atoms with Gasteiger partial charge in [-0.25, -0.2) is 8.78 Å². The molecule has 128 valence electrons. The number of hydrogen-bond acceptors (Lipinski definition) is 1. The first-order chi connectivity index (χ1) is 12.1. The van der Waals surface area contributed by atoms with Crippen molar-refractivity contribution >= 4 is 16.8 Å². The molecular weight excluding hydrogens is 322 g/mol. The molecule has 1 aromatic heterocycles. The fourth-order valence-electron chi connectivity index (χ4n) is 3.65. The van der Waals surface area contributed by atoms with Crippen molar-refractivity contribution in [3.63, 3.8) is 0 Å². The number of aromatic nitrogens is 1. The van der Waals surface area contributed by atoms with E-state index in [2.05, 4.69) is 4.98 Å². The minimum atomic E-state index is -0.401. The molecule has 25 heavy (non-hydrogen) atoms. The van der Waals surface area contributed by atoms with Crippen molar-refractivity contribution in [2.45, 2.75) is 18.8 Å². The maximum atomic E-state index is 13.6. The van der Waals surface area contributed by atoms with Crippen molar-refractivity contribution in [2.24, 2.45) is 0 Å². The van der Waals surface area contributed by atoms with Crippen molar-refractivity contribution in [1.82, 2.24) is 9.88 Å². The summed E-state index contributed by atoms with van der Waals surface area (Å²) in [5.74, 6) is -0.497. The number of hydrogen-bond donors (Lipinski definition) is 1. The molecule has 1 N–H and O–H groups in total. The van der Waals surface area contributed by atoms with Gasteiger partial charge in [0.25, 0.3) is 5.91 Å². The van der Waals surface area contributed by atoms with Crippen LogP contribution in [0.15, 0.2) is 48.7 Å². The normalized spacial score (nSPS) is 15.7. The van der Waals surface area contributed by atoms with Crippen LogP contribution in [0.25, 0.3) is 10.9 Å². The lowest BCUT2D eigenvalue weighted by Crippen LogP contribution is -2.37. The maximum Gasteiger partial charge on any atom is 0.253 e. The maximum absolute atomic E-state index is 13.6. The first-order valence-electron chi connectivity index (χ1n) is 8.43. The van der Waals surface area contributed by atoms with E-state index in [4.69, 9.17) is 0 Å². The van der Waals surface area contributed by atoms with Crippen LogP contribution in [0.1, 0.15) is 34.7 Å². The summed E-state index contributed by atoms with van der Waals surface area (Å²) in [6, 6.07) is 10.6. The van der Waals surface area contributed by atoms with Crippen molar-refractivity contribution in [1.29, 1.82) is 0 Å². The Bertz CT molecular complexity index is 926.